The monoisotopic (exact) mass is 606 g/mol. The molecule has 1 aliphatic heterocycles. The van der Waals surface area contributed by atoms with Crippen molar-refractivity contribution in [1.82, 2.24) is 20.1 Å². The van der Waals surface area contributed by atoms with Crippen molar-refractivity contribution < 1.29 is 19.1 Å². The lowest BCUT2D eigenvalue weighted by atomic mass is 9.93. The number of ether oxygens (including phenoxy) is 1. The zero-order chi connectivity index (χ0) is 31.5. The van der Waals surface area contributed by atoms with Crippen molar-refractivity contribution in [3.8, 4) is 17.0 Å². The van der Waals surface area contributed by atoms with Crippen LogP contribution in [0.3, 0.4) is 0 Å². The number of hydrogen-bond acceptors (Lipinski definition) is 7. The Balaban J connectivity index is 1.53. The Morgan fingerprint density at radius 3 is 2.53 bits per heavy atom. The molecule has 3 aromatic rings. The van der Waals surface area contributed by atoms with Crippen molar-refractivity contribution in [3.63, 3.8) is 0 Å². The Morgan fingerprint density at radius 1 is 1.14 bits per heavy atom. The first-order valence-electron chi connectivity index (χ1n) is 14.3. The largest absolute Gasteiger partial charge is 0.476 e. The number of aromatic nitrogens is 1. The van der Waals surface area contributed by atoms with Crippen LogP contribution in [-0.4, -0.2) is 78.5 Å². The topological polar surface area (TPSA) is 116 Å². The summed E-state index contributed by atoms with van der Waals surface area (Å²) in [6.07, 6.45) is 1.76. The first-order valence-corrected chi connectivity index (χ1v) is 15.2. The predicted molar refractivity (Wildman–Crippen MR) is 172 cm³/mol. The molecule has 43 heavy (non-hydrogen) atoms. The van der Waals surface area contributed by atoms with E-state index in [1.54, 1.807) is 24.9 Å². The van der Waals surface area contributed by atoms with E-state index in [0.717, 1.165) is 28.1 Å². The molecule has 0 unspecified atom stereocenters. The fourth-order valence-electron chi connectivity index (χ4n) is 4.65. The van der Waals surface area contributed by atoms with Gasteiger partial charge in [0.05, 0.1) is 5.56 Å². The van der Waals surface area contributed by atoms with Gasteiger partial charge in [0.1, 0.15) is 17.1 Å². The van der Waals surface area contributed by atoms with Gasteiger partial charge in [0, 0.05) is 48.0 Å². The molecule has 4 rings (SSSR count). The molecule has 0 aliphatic carbocycles. The number of aryl methyl sites for hydroxylation is 1. The normalized spacial score (nSPS) is 14.8. The highest BCUT2D eigenvalue weighted by atomic mass is 32.1. The highest BCUT2D eigenvalue weighted by molar-refractivity contribution is 7.16. The van der Waals surface area contributed by atoms with E-state index in [1.165, 1.54) is 11.3 Å². The quantitative estimate of drug-likeness (QED) is 0.318. The van der Waals surface area contributed by atoms with Gasteiger partial charge in [-0.3, -0.25) is 14.9 Å². The Bertz CT molecular complexity index is 1490. The van der Waals surface area contributed by atoms with E-state index < -0.39 is 11.6 Å². The molecule has 0 radical (unpaired) electrons. The van der Waals surface area contributed by atoms with Crippen molar-refractivity contribution in [2.24, 2.45) is 0 Å². The number of likely N-dealkylation sites (N-methyl/N-ethyl adjacent to an activating group) is 1. The Morgan fingerprint density at radius 2 is 1.88 bits per heavy atom. The van der Waals surface area contributed by atoms with E-state index in [4.69, 9.17) is 4.74 Å². The van der Waals surface area contributed by atoms with Crippen LogP contribution in [-0.2, 0) is 10.2 Å². The van der Waals surface area contributed by atoms with E-state index in [2.05, 4.69) is 41.7 Å². The van der Waals surface area contributed by atoms with Gasteiger partial charge in [-0.15, -0.1) is 11.3 Å². The number of piperazine rings is 1. The number of rotatable bonds is 8. The lowest BCUT2D eigenvalue weighted by Crippen LogP contribution is -2.63. The molecule has 3 N–H and O–H groups in total. The lowest BCUT2D eigenvalue weighted by Gasteiger charge is -2.41. The molecule has 230 valence electrons. The minimum Gasteiger partial charge on any atom is -0.476 e. The van der Waals surface area contributed by atoms with Crippen molar-refractivity contribution >= 4 is 39.9 Å². The van der Waals surface area contributed by atoms with Crippen LogP contribution in [0.4, 0.5) is 15.5 Å². The second kappa shape index (κ2) is 12.7. The highest BCUT2D eigenvalue weighted by Crippen LogP contribution is 2.38. The van der Waals surface area contributed by atoms with Crippen LogP contribution in [0, 0.1) is 6.92 Å². The Labute approximate surface area is 257 Å². The van der Waals surface area contributed by atoms with Gasteiger partial charge in [-0.25, -0.2) is 9.78 Å². The summed E-state index contributed by atoms with van der Waals surface area (Å²) in [4.78, 5) is 48.6. The zero-order valence-electron chi connectivity index (χ0n) is 26.3. The minimum atomic E-state index is -1.01. The third-order valence-corrected chi connectivity index (χ3v) is 8.83. The van der Waals surface area contributed by atoms with Gasteiger partial charge in [-0.2, -0.15) is 0 Å². The second-order valence-electron chi connectivity index (χ2n) is 12.5. The van der Waals surface area contributed by atoms with Crippen molar-refractivity contribution in [2.45, 2.75) is 52.5 Å². The molecule has 4 amide bonds. The molecule has 3 heterocycles. The van der Waals surface area contributed by atoms with Gasteiger partial charge < -0.3 is 25.2 Å². The molecule has 1 fully saturated rings. The van der Waals surface area contributed by atoms with Gasteiger partial charge >= 0.3 is 6.03 Å². The molecule has 0 atom stereocenters. The summed E-state index contributed by atoms with van der Waals surface area (Å²) >= 11 is 1.37. The number of thiophene rings is 1. The molecule has 10 nitrogen and oxygen atoms in total. The van der Waals surface area contributed by atoms with Gasteiger partial charge in [0.2, 0.25) is 11.8 Å². The molecule has 0 bridgehead atoms. The van der Waals surface area contributed by atoms with E-state index in [1.807, 2.05) is 62.3 Å². The SMILES string of the molecule is Cc1ccc(NC(=O)Nc2sc(C(C)(C)C)cc2C(=O)N2CCNC(=O)C2(C)C)cc1-c1ccc(OCCN(C)C)nc1. The summed E-state index contributed by atoms with van der Waals surface area (Å²) in [5, 5.41) is 9.08. The van der Waals surface area contributed by atoms with E-state index in [-0.39, 0.29) is 17.2 Å². The summed E-state index contributed by atoms with van der Waals surface area (Å²) in [5.74, 6) is 0.0602. The summed E-state index contributed by atoms with van der Waals surface area (Å²) < 4.78 is 5.71. The van der Waals surface area contributed by atoms with Crippen LogP contribution < -0.4 is 20.7 Å². The number of hydrogen-bond donors (Lipinski definition) is 3. The fraction of sp³-hybridized carbons (Fsp3) is 0.438. The van der Waals surface area contributed by atoms with E-state index >= 15 is 0 Å². The van der Waals surface area contributed by atoms with Gasteiger partial charge in [-0.05, 0) is 75.7 Å². The molecule has 0 spiro atoms. The number of nitrogens with zero attached hydrogens (tertiary/aromatic N) is 3. The third kappa shape index (κ3) is 7.52. The van der Waals surface area contributed by atoms with Crippen molar-refractivity contribution in [1.29, 1.82) is 0 Å². The van der Waals surface area contributed by atoms with Crippen LogP contribution >= 0.6 is 11.3 Å². The summed E-state index contributed by atoms with van der Waals surface area (Å²) in [7, 11) is 3.98. The number of urea groups is 1. The smallest absolute Gasteiger partial charge is 0.324 e. The van der Waals surface area contributed by atoms with Crippen LogP contribution in [0.1, 0.15) is 55.4 Å². The van der Waals surface area contributed by atoms with Crippen molar-refractivity contribution in [3.05, 3.63) is 58.6 Å². The number of anilines is 2. The number of nitrogens with one attached hydrogen (secondary N) is 3. The summed E-state index contributed by atoms with van der Waals surface area (Å²) in [6.45, 7) is 13.7. The van der Waals surface area contributed by atoms with Crippen LogP contribution in [0.2, 0.25) is 0 Å². The number of carbonyl (C=O) groups is 3. The summed E-state index contributed by atoms with van der Waals surface area (Å²) in [5.41, 5.74) is 2.58. The predicted octanol–water partition coefficient (Wildman–Crippen LogP) is 5.35. The zero-order valence-corrected chi connectivity index (χ0v) is 27.1. The highest BCUT2D eigenvalue weighted by Gasteiger charge is 2.42. The molecule has 11 heteroatoms. The average molecular weight is 607 g/mol. The molecule has 1 aromatic carbocycles. The molecular formula is C32H42N6O4S. The van der Waals surface area contributed by atoms with E-state index in [9.17, 15) is 14.4 Å². The van der Waals surface area contributed by atoms with Gasteiger partial charge in [-0.1, -0.05) is 26.8 Å². The van der Waals surface area contributed by atoms with Crippen molar-refractivity contribution in [2.75, 3.05) is 51.0 Å². The van der Waals surface area contributed by atoms with Crippen LogP contribution in [0.25, 0.3) is 11.1 Å². The Kier molecular flexibility index (Phi) is 9.46. The Hall–Kier alpha value is -3.96. The minimum absolute atomic E-state index is 0.206. The number of pyridine rings is 1. The number of amides is 4. The third-order valence-electron chi connectivity index (χ3n) is 7.36. The maximum absolute atomic E-state index is 13.8. The summed E-state index contributed by atoms with van der Waals surface area (Å²) in [6, 6.07) is 10.8. The molecular weight excluding hydrogens is 564 g/mol. The number of carbonyl (C=O) groups excluding carboxylic acids is 3. The lowest BCUT2D eigenvalue weighted by molar-refractivity contribution is -0.133. The van der Waals surface area contributed by atoms with Crippen LogP contribution in [0.15, 0.2) is 42.6 Å². The maximum atomic E-state index is 13.8. The standard InChI is InChI=1S/C32H42N6O4S/c1-20-9-11-22(17-23(20)21-10-12-26(34-19-21)42-16-15-37(7)8)35-30(41)36-27-24(18-25(43-27)31(2,3)4)28(39)38-14-13-33-29(40)32(38,5)6/h9-12,17-19H,13-16H2,1-8H3,(H,33,40)(H2,35,36,41). The van der Waals surface area contributed by atoms with Gasteiger partial charge in [0.25, 0.3) is 5.91 Å². The maximum Gasteiger partial charge on any atom is 0.324 e. The molecule has 1 aliphatic rings. The molecule has 1 saturated heterocycles. The van der Waals surface area contributed by atoms with Gasteiger partial charge in [0.15, 0.2) is 0 Å². The number of benzene rings is 1. The van der Waals surface area contributed by atoms with E-state index in [0.29, 0.717) is 41.8 Å². The molecule has 0 saturated carbocycles. The first kappa shape index (κ1) is 32.0. The first-order chi connectivity index (χ1) is 20.2. The van der Waals surface area contributed by atoms with Crippen LogP contribution in [0.5, 0.6) is 5.88 Å². The fourth-order valence-corrected chi connectivity index (χ4v) is 5.75. The second-order valence-corrected chi connectivity index (χ2v) is 13.6. The average Bonchev–Trinajstić information content (AvgIpc) is 3.35. The molecule has 2 aromatic heterocycles.